The quantitative estimate of drug-likeness (QED) is 0.647. The largest absolute Gasteiger partial charge is 0.352 e. The minimum Gasteiger partial charge on any atom is -0.352 e. The molecule has 1 aromatic carbocycles. The van der Waals surface area contributed by atoms with E-state index in [9.17, 15) is 14.9 Å². The highest BCUT2D eigenvalue weighted by molar-refractivity contribution is 9.10. The number of nitro benzene ring substituents is 1. The summed E-state index contributed by atoms with van der Waals surface area (Å²) in [6.07, 6.45) is 2.10. The van der Waals surface area contributed by atoms with Gasteiger partial charge in [-0.25, -0.2) is 0 Å². The van der Waals surface area contributed by atoms with Crippen molar-refractivity contribution in [2.45, 2.75) is 6.42 Å². The van der Waals surface area contributed by atoms with E-state index in [1.165, 1.54) is 18.2 Å². The van der Waals surface area contributed by atoms with Crippen molar-refractivity contribution in [2.24, 2.45) is 7.05 Å². The molecular formula is C12H12BrN5O3. The lowest BCUT2D eigenvalue weighted by atomic mass is 10.2. The van der Waals surface area contributed by atoms with Gasteiger partial charge in [-0.2, -0.15) is 0 Å². The number of carbonyl (C=O) groups is 1. The lowest BCUT2D eigenvalue weighted by Crippen LogP contribution is -2.26. The van der Waals surface area contributed by atoms with Crippen LogP contribution in [0.15, 0.2) is 29.0 Å². The molecule has 2 aromatic rings. The van der Waals surface area contributed by atoms with Crippen LogP contribution < -0.4 is 5.32 Å². The molecule has 21 heavy (non-hydrogen) atoms. The van der Waals surface area contributed by atoms with Crippen LogP contribution in [0.1, 0.15) is 16.2 Å². The molecule has 0 fully saturated rings. The highest BCUT2D eigenvalue weighted by atomic mass is 79.9. The zero-order chi connectivity index (χ0) is 15.4. The van der Waals surface area contributed by atoms with Crippen LogP contribution in [0, 0.1) is 10.1 Å². The van der Waals surface area contributed by atoms with E-state index in [1.807, 2.05) is 7.05 Å². The fourth-order valence-electron chi connectivity index (χ4n) is 1.72. The summed E-state index contributed by atoms with van der Waals surface area (Å²) in [5.41, 5.74) is 0.0961. The number of aryl methyl sites for hydroxylation is 1. The molecule has 0 radical (unpaired) electrons. The molecule has 2 rings (SSSR count). The van der Waals surface area contributed by atoms with Gasteiger partial charge in [0, 0.05) is 36.6 Å². The number of non-ortho nitro benzene ring substituents is 1. The van der Waals surface area contributed by atoms with Gasteiger partial charge in [0.05, 0.1) is 10.5 Å². The van der Waals surface area contributed by atoms with Crippen molar-refractivity contribution in [2.75, 3.05) is 6.54 Å². The van der Waals surface area contributed by atoms with Gasteiger partial charge >= 0.3 is 0 Å². The second-order valence-corrected chi connectivity index (χ2v) is 5.14. The number of hydrogen-bond acceptors (Lipinski definition) is 5. The van der Waals surface area contributed by atoms with Crippen molar-refractivity contribution in [1.82, 2.24) is 20.1 Å². The van der Waals surface area contributed by atoms with Crippen LogP contribution >= 0.6 is 15.9 Å². The van der Waals surface area contributed by atoms with E-state index >= 15 is 0 Å². The van der Waals surface area contributed by atoms with Gasteiger partial charge in [-0.1, -0.05) is 0 Å². The van der Waals surface area contributed by atoms with Crippen LogP contribution in [0.4, 0.5) is 5.69 Å². The second kappa shape index (κ2) is 6.44. The van der Waals surface area contributed by atoms with E-state index in [4.69, 9.17) is 0 Å². The average Bonchev–Trinajstić information content (AvgIpc) is 2.84. The molecular weight excluding hydrogens is 342 g/mol. The first-order chi connectivity index (χ1) is 9.99. The Kier molecular flexibility index (Phi) is 4.63. The number of nitro groups is 1. The molecule has 1 heterocycles. The summed E-state index contributed by atoms with van der Waals surface area (Å²) in [7, 11) is 1.81. The molecule has 0 aliphatic carbocycles. The molecule has 0 bridgehead atoms. The Morgan fingerprint density at radius 1 is 1.52 bits per heavy atom. The Morgan fingerprint density at radius 2 is 2.29 bits per heavy atom. The summed E-state index contributed by atoms with van der Waals surface area (Å²) < 4.78 is 2.26. The summed E-state index contributed by atoms with van der Waals surface area (Å²) in [6.45, 7) is 0.362. The number of carbonyl (C=O) groups excluding carboxylic acids is 1. The predicted octanol–water partition coefficient (Wildman–Crippen LogP) is 1.46. The smallest absolute Gasteiger partial charge is 0.270 e. The summed E-state index contributed by atoms with van der Waals surface area (Å²) in [5, 5.41) is 21.1. The molecule has 9 heteroatoms. The Balaban J connectivity index is 2.01. The number of rotatable bonds is 5. The van der Waals surface area contributed by atoms with Crippen LogP contribution in [0.5, 0.6) is 0 Å². The Morgan fingerprint density at radius 3 is 2.90 bits per heavy atom. The van der Waals surface area contributed by atoms with Crippen molar-refractivity contribution in [3.05, 3.63) is 50.5 Å². The third kappa shape index (κ3) is 3.63. The van der Waals surface area contributed by atoms with Crippen LogP contribution in [-0.4, -0.2) is 32.1 Å². The fourth-order valence-corrected chi connectivity index (χ4v) is 2.14. The number of nitrogens with zero attached hydrogens (tertiary/aromatic N) is 4. The Hall–Kier alpha value is -2.29. The van der Waals surface area contributed by atoms with Crippen molar-refractivity contribution in [1.29, 1.82) is 0 Å². The van der Waals surface area contributed by atoms with Crippen molar-refractivity contribution >= 4 is 27.5 Å². The molecule has 0 spiro atoms. The number of aromatic nitrogens is 3. The molecule has 1 N–H and O–H groups in total. The zero-order valence-corrected chi connectivity index (χ0v) is 12.7. The SMILES string of the molecule is Cn1cnnc1CCNC(=O)c1cc([N+](=O)[O-])ccc1Br. The van der Waals surface area contributed by atoms with E-state index in [0.29, 0.717) is 17.4 Å². The molecule has 0 atom stereocenters. The molecule has 0 saturated carbocycles. The first-order valence-electron chi connectivity index (χ1n) is 6.04. The van der Waals surface area contributed by atoms with Crippen LogP contribution in [0.2, 0.25) is 0 Å². The van der Waals surface area contributed by atoms with E-state index < -0.39 is 4.92 Å². The summed E-state index contributed by atoms with van der Waals surface area (Å²) in [6, 6.07) is 4.05. The number of benzene rings is 1. The van der Waals surface area contributed by atoms with Gasteiger partial charge < -0.3 is 9.88 Å². The van der Waals surface area contributed by atoms with Crippen molar-refractivity contribution in [3.8, 4) is 0 Å². The maximum absolute atomic E-state index is 12.0. The maximum atomic E-state index is 12.0. The minimum atomic E-state index is -0.539. The van der Waals surface area contributed by atoms with E-state index in [0.717, 1.165) is 5.82 Å². The van der Waals surface area contributed by atoms with Gasteiger partial charge in [0.25, 0.3) is 11.6 Å². The Bertz CT molecular complexity index is 685. The third-order valence-electron chi connectivity index (χ3n) is 2.84. The van der Waals surface area contributed by atoms with Gasteiger partial charge in [0.15, 0.2) is 0 Å². The highest BCUT2D eigenvalue weighted by Gasteiger charge is 2.15. The number of halogens is 1. The number of nitrogens with one attached hydrogen (secondary N) is 1. The maximum Gasteiger partial charge on any atom is 0.270 e. The molecule has 8 nitrogen and oxygen atoms in total. The number of amides is 1. The number of hydrogen-bond donors (Lipinski definition) is 1. The molecule has 0 unspecified atom stereocenters. The third-order valence-corrected chi connectivity index (χ3v) is 3.54. The normalized spacial score (nSPS) is 10.4. The topological polar surface area (TPSA) is 103 Å². The molecule has 0 saturated heterocycles. The Labute approximate surface area is 128 Å². The lowest BCUT2D eigenvalue weighted by Gasteiger charge is -2.06. The van der Waals surface area contributed by atoms with Crippen molar-refractivity contribution < 1.29 is 9.72 Å². The molecule has 0 aliphatic heterocycles. The van der Waals surface area contributed by atoms with Crippen LogP contribution in [0.3, 0.4) is 0 Å². The molecule has 0 aliphatic rings. The van der Waals surface area contributed by atoms with E-state index in [-0.39, 0.29) is 17.2 Å². The summed E-state index contributed by atoms with van der Waals surface area (Å²) in [4.78, 5) is 22.2. The highest BCUT2D eigenvalue weighted by Crippen LogP contribution is 2.22. The fraction of sp³-hybridized carbons (Fsp3) is 0.250. The van der Waals surface area contributed by atoms with Crippen LogP contribution in [0.25, 0.3) is 0 Å². The second-order valence-electron chi connectivity index (χ2n) is 4.29. The first-order valence-corrected chi connectivity index (χ1v) is 6.83. The first kappa shape index (κ1) is 15.1. The zero-order valence-electron chi connectivity index (χ0n) is 11.1. The standard InChI is InChI=1S/C12H12BrN5O3/c1-17-7-15-16-11(17)4-5-14-12(19)9-6-8(18(20)21)2-3-10(9)13/h2-3,6-7H,4-5H2,1H3,(H,14,19). The van der Waals surface area contributed by atoms with Crippen molar-refractivity contribution in [3.63, 3.8) is 0 Å². The van der Waals surface area contributed by atoms with Gasteiger partial charge in [-0.15, -0.1) is 10.2 Å². The molecule has 1 aromatic heterocycles. The van der Waals surface area contributed by atoms with E-state index in [1.54, 1.807) is 10.9 Å². The van der Waals surface area contributed by atoms with Gasteiger partial charge in [0.2, 0.25) is 0 Å². The summed E-state index contributed by atoms with van der Waals surface area (Å²) >= 11 is 3.21. The average molecular weight is 354 g/mol. The predicted molar refractivity (Wildman–Crippen MR) is 77.8 cm³/mol. The van der Waals surface area contributed by atoms with Gasteiger partial charge in [-0.3, -0.25) is 14.9 Å². The summed E-state index contributed by atoms with van der Waals surface area (Å²) in [5.74, 6) is 0.362. The molecule has 110 valence electrons. The van der Waals surface area contributed by atoms with Crippen LogP contribution in [-0.2, 0) is 13.5 Å². The monoisotopic (exact) mass is 353 g/mol. The van der Waals surface area contributed by atoms with Gasteiger partial charge in [0.1, 0.15) is 12.2 Å². The lowest BCUT2D eigenvalue weighted by molar-refractivity contribution is -0.384. The van der Waals surface area contributed by atoms with Gasteiger partial charge in [-0.05, 0) is 22.0 Å². The molecule has 1 amide bonds. The van der Waals surface area contributed by atoms with E-state index in [2.05, 4.69) is 31.4 Å². The minimum absolute atomic E-state index is 0.128.